The fraction of sp³-hybridized carbons (Fsp3) is 0.250. The molecule has 1 N–H and O–H groups in total. The van der Waals surface area contributed by atoms with E-state index in [4.69, 9.17) is 0 Å². The molecule has 0 aliphatic rings. The molecule has 4 rings (SSSR count). The Morgan fingerprint density at radius 3 is 2.24 bits per heavy atom. The van der Waals surface area contributed by atoms with Gasteiger partial charge in [0, 0.05) is 29.4 Å². The van der Waals surface area contributed by atoms with E-state index < -0.39 is 28.5 Å². The van der Waals surface area contributed by atoms with Gasteiger partial charge in [-0.1, -0.05) is 102 Å². The van der Waals surface area contributed by atoms with Crippen molar-refractivity contribution in [3.63, 3.8) is 0 Å². The summed E-state index contributed by atoms with van der Waals surface area (Å²) in [5.41, 5.74) is 2.12. The van der Waals surface area contributed by atoms with Gasteiger partial charge < -0.3 is 10.2 Å². The number of hydrogen-bond donors (Lipinski definition) is 1. The van der Waals surface area contributed by atoms with Crippen LogP contribution in [0.1, 0.15) is 24.5 Å². The molecule has 1 unspecified atom stereocenters. The molecular formula is C32H34BrN3O4S. The number of nitrogens with one attached hydrogen (secondary N) is 1. The van der Waals surface area contributed by atoms with Gasteiger partial charge in [0.2, 0.25) is 21.8 Å². The molecule has 0 aromatic heterocycles. The number of rotatable bonds is 12. The molecule has 0 saturated heterocycles. The number of nitrogens with zero attached hydrogens (tertiary/aromatic N) is 2. The van der Waals surface area contributed by atoms with Crippen LogP contribution in [0.2, 0.25) is 0 Å². The predicted molar refractivity (Wildman–Crippen MR) is 168 cm³/mol. The average Bonchev–Trinajstić information content (AvgIpc) is 2.96. The third-order valence-corrected chi connectivity index (χ3v) is 8.40. The van der Waals surface area contributed by atoms with Gasteiger partial charge in [0.25, 0.3) is 0 Å². The molecule has 4 aromatic carbocycles. The lowest BCUT2D eigenvalue weighted by molar-refractivity contribution is -0.140. The maximum atomic E-state index is 14.2. The summed E-state index contributed by atoms with van der Waals surface area (Å²) >= 11 is 3.49. The Labute approximate surface area is 250 Å². The van der Waals surface area contributed by atoms with Crippen LogP contribution in [0, 0.1) is 0 Å². The molecule has 4 aromatic rings. The van der Waals surface area contributed by atoms with Crippen molar-refractivity contribution >= 4 is 54.2 Å². The fourth-order valence-corrected chi connectivity index (χ4v) is 6.08. The van der Waals surface area contributed by atoms with Crippen molar-refractivity contribution in [2.45, 2.75) is 32.4 Å². The third kappa shape index (κ3) is 7.95. The van der Waals surface area contributed by atoms with Crippen LogP contribution in [0.15, 0.2) is 102 Å². The normalized spacial score (nSPS) is 12.1. The maximum Gasteiger partial charge on any atom is 0.244 e. The van der Waals surface area contributed by atoms with Gasteiger partial charge in [0.15, 0.2) is 0 Å². The van der Waals surface area contributed by atoms with Crippen LogP contribution in [0.25, 0.3) is 10.8 Å². The Morgan fingerprint density at radius 2 is 1.54 bits per heavy atom. The molecule has 0 heterocycles. The zero-order valence-electron chi connectivity index (χ0n) is 23.2. The topological polar surface area (TPSA) is 86.8 Å². The molecule has 0 saturated carbocycles. The van der Waals surface area contributed by atoms with E-state index in [0.717, 1.165) is 38.0 Å². The zero-order chi connectivity index (χ0) is 29.4. The van der Waals surface area contributed by atoms with E-state index >= 15 is 0 Å². The number of amides is 2. The number of anilines is 1. The van der Waals surface area contributed by atoms with E-state index in [2.05, 4.69) is 21.2 Å². The Balaban J connectivity index is 1.77. The second-order valence-electron chi connectivity index (χ2n) is 9.92. The predicted octanol–water partition coefficient (Wildman–Crippen LogP) is 5.53. The van der Waals surface area contributed by atoms with Gasteiger partial charge in [-0.25, -0.2) is 8.42 Å². The molecular weight excluding hydrogens is 602 g/mol. The first-order chi connectivity index (χ1) is 19.7. The minimum Gasteiger partial charge on any atom is -0.354 e. The van der Waals surface area contributed by atoms with E-state index in [-0.39, 0.29) is 18.9 Å². The summed E-state index contributed by atoms with van der Waals surface area (Å²) in [7, 11) is -3.86. The number of carbonyl (C=O) groups is 2. The van der Waals surface area contributed by atoms with Gasteiger partial charge in [-0.3, -0.25) is 13.9 Å². The van der Waals surface area contributed by atoms with Gasteiger partial charge >= 0.3 is 0 Å². The van der Waals surface area contributed by atoms with Crippen LogP contribution >= 0.6 is 15.9 Å². The van der Waals surface area contributed by atoms with E-state index in [1.807, 2.05) is 91.9 Å². The monoisotopic (exact) mass is 635 g/mol. The van der Waals surface area contributed by atoms with Crippen LogP contribution in [-0.2, 0) is 32.6 Å². The summed E-state index contributed by atoms with van der Waals surface area (Å²) in [6.45, 7) is 2.11. The van der Waals surface area contributed by atoms with Crippen molar-refractivity contribution < 1.29 is 18.0 Å². The smallest absolute Gasteiger partial charge is 0.244 e. The summed E-state index contributed by atoms with van der Waals surface area (Å²) in [6.07, 6.45) is 2.12. The number of halogens is 1. The maximum absolute atomic E-state index is 14.2. The zero-order valence-corrected chi connectivity index (χ0v) is 25.6. The highest BCUT2D eigenvalue weighted by atomic mass is 79.9. The summed E-state index contributed by atoms with van der Waals surface area (Å²) < 4.78 is 28.3. The van der Waals surface area contributed by atoms with Gasteiger partial charge in [-0.15, -0.1) is 0 Å². The lowest BCUT2D eigenvalue weighted by Gasteiger charge is -2.33. The highest BCUT2D eigenvalue weighted by Crippen LogP contribution is 2.29. The van der Waals surface area contributed by atoms with Crippen LogP contribution in [-0.4, -0.2) is 50.5 Å². The largest absolute Gasteiger partial charge is 0.354 e. The fourth-order valence-electron chi connectivity index (χ4n) is 4.77. The molecule has 0 spiro atoms. The Hall–Kier alpha value is -3.69. The molecule has 2 amide bonds. The minimum atomic E-state index is -3.86. The molecule has 0 radical (unpaired) electrons. The minimum absolute atomic E-state index is 0.127. The standard InChI is InChI=1S/C32H34BrN3O4S/c1-3-19-34-32(38)30(21-24-11-5-4-6-12-24)35(22-25-13-9-16-27(33)20-25)31(37)23-36(41(2,39)40)29-18-10-15-26-14-7-8-17-28(26)29/h4-18,20,30H,3,19,21-23H2,1-2H3,(H,34,38). The Morgan fingerprint density at radius 1 is 0.878 bits per heavy atom. The van der Waals surface area contributed by atoms with Crippen molar-refractivity contribution in [1.29, 1.82) is 0 Å². The number of carbonyl (C=O) groups excluding carboxylic acids is 2. The first kappa shape index (κ1) is 30.3. The summed E-state index contributed by atoms with van der Waals surface area (Å²) in [5, 5.41) is 4.53. The van der Waals surface area contributed by atoms with Gasteiger partial charge in [-0.2, -0.15) is 0 Å². The van der Waals surface area contributed by atoms with E-state index in [1.165, 1.54) is 4.90 Å². The van der Waals surface area contributed by atoms with Crippen molar-refractivity contribution in [1.82, 2.24) is 10.2 Å². The molecule has 1 atom stereocenters. The molecule has 0 fully saturated rings. The van der Waals surface area contributed by atoms with Crippen LogP contribution in [0.3, 0.4) is 0 Å². The molecule has 41 heavy (non-hydrogen) atoms. The molecule has 7 nitrogen and oxygen atoms in total. The molecule has 0 bridgehead atoms. The van der Waals surface area contributed by atoms with Crippen LogP contribution < -0.4 is 9.62 Å². The van der Waals surface area contributed by atoms with Crippen LogP contribution in [0.4, 0.5) is 5.69 Å². The van der Waals surface area contributed by atoms with E-state index in [0.29, 0.717) is 17.6 Å². The second kappa shape index (κ2) is 13.8. The third-order valence-electron chi connectivity index (χ3n) is 6.78. The summed E-state index contributed by atoms with van der Waals surface area (Å²) in [5.74, 6) is -0.758. The number of hydrogen-bond acceptors (Lipinski definition) is 4. The summed E-state index contributed by atoms with van der Waals surface area (Å²) in [4.78, 5) is 29.3. The Bertz CT molecular complexity index is 1610. The average molecular weight is 637 g/mol. The highest BCUT2D eigenvalue weighted by molar-refractivity contribution is 9.10. The molecule has 9 heteroatoms. The highest BCUT2D eigenvalue weighted by Gasteiger charge is 2.33. The quantitative estimate of drug-likeness (QED) is 0.222. The van der Waals surface area contributed by atoms with Crippen molar-refractivity contribution in [2.75, 3.05) is 23.7 Å². The van der Waals surface area contributed by atoms with Gasteiger partial charge in [-0.05, 0) is 41.1 Å². The second-order valence-corrected chi connectivity index (χ2v) is 12.7. The van der Waals surface area contributed by atoms with Crippen molar-refractivity contribution in [2.24, 2.45) is 0 Å². The lowest BCUT2D eigenvalue weighted by Crippen LogP contribution is -2.53. The molecule has 0 aliphatic heterocycles. The first-order valence-corrected chi connectivity index (χ1v) is 16.1. The van der Waals surface area contributed by atoms with Crippen LogP contribution in [0.5, 0.6) is 0 Å². The van der Waals surface area contributed by atoms with Gasteiger partial charge in [0.05, 0.1) is 11.9 Å². The lowest BCUT2D eigenvalue weighted by atomic mass is 10.0. The van der Waals surface area contributed by atoms with Crippen molar-refractivity contribution in [3.8, 4) is 0 Å². The van der Waals surface area contributed by atoms with E-state index in [1.54, 1.807) is 12.1 Å². The molecule has 214 valence electrons. The van der Waals surface area contributed by atoms with Crippen molar-refractivity contribution in [3.05, 3.63) is 113 Å². The molecule has 0 aliphatic carbocycles. The Kier molecular flexibility index (Phi) is 10.2. The number of fused-ring (bicyclic) bond motifs is 1. The number of benzene rings is 4. The first-order valence-electron chi connectivity index (χ1n) is 13.5. The summed E-state index contributed by atoms with van der Waals surface area (Å²) in [6, 6.07) is 29.0. The number of sulfonamides is 1. The van der Waals surface area contributed by atoms with Gasteiger partial charge in [0.1, 0.15) is 12.6 Å². The SMILES string of the molecule is CCCNC(=O)C(Cc1ccccc1)N(Cc1cccc(Br)c1)C(=O)CN(c1cccc2ccccc12)S(C)(=O)=O. The van der Waals surface area contributed by atoms with E-state index in [9.17, 15) is 18.0 Å².